The van der Waals surface area contributed by atoms with E-state index in [2.05, 4.69) is 9.72 Å². The average Bonchev–Trinajstić information content (AvgIpc) is 2.19. The maximum absolute atomic E-state index is 11.2. The molecule has 0 N–H and O–H groups in total. The highest BCUT2D eigenvalue weighted by Crippen LogP contribution is 2.21. The summed E-state index contributed by atoms with van der Waals surface area (Å²) in [6.45, 7) is 5.71. The summed E-state index contributed by atoms with van der Waals surface area (Å²) < 4.78 is 4.53. The molecule has 1 aromatic rings. The predicted molar refractivity (Wildman–Crippen MR) is 61.7 cm³/mol. The Morgan fingerprint density at radius 3 is 2.33 bits per heavy atom. The zero-order chi connectivity index (χ0) is 12.0. The zero-order valence-electron chi connectivity index (χ0n) is 9.10. The maximum Gasteiger partial charge on any atom is 0.341 e. The molecule has 15 heavy (non-hydrogen) atoms. The molecule has 0 saturated carbocycles. The van der Waals surface area contributed by atoms with Crippen LogP contribution < -0.4 is 0 Å². The van der Waals surface area contributed by atoms with Gasteiger partial charge in [0.25, 0.3) is 0 Å². The van der Waals surface area contributed by atoms with E-state index in [4.69, 9.17) is 23.2 Å². The molecule has 0 saturated heterocycles. The van der Waals surface area contributed by atoms with E-state index in [1.807, 2.05) is 13.8 Å². The number of methoxy groups -OCH3 is 1. The monoisotopic (exact) mass is 249 g/mol. The third-order valence-corrected chi connectivity index (χ3v) is 2.00. The van der Waals surface area contributed by atoms with Crippen molar-refractivity contribution in [3.63, 3.8) is 0 Å². The highest BCUT2D eigenvalue weighted by atomic mass is 35.5. The van der Waals surface area contributed by atoms with Crippen LogP contribution in [0.4, 0.5) is 0 Å². The second-order valence-corrected chi connectivity index (χ2v) is 3.16. The van der Waals surface area contributed by atoms with E-state index in [-0.39, 0.29) is 15.9 Å². The molecule has 1 heterocycles. The number of pyridine rings is 1. The topological polar surface area (TPSA) is 39.2 Å². The molecule has 0 bridgehead atoms. The first kappa shape index (κ1) is 14.2. The predicted octanol–water partition coefficient (Wildman–Crippen LogP) is 3.51. The van der Waals surface area contributed by atoms with Gasteiger partial charge in [0, 0.05) is 0 Å². The summed E-state index contributed by atoms with van der Waals surface area (Å²) in [7, 11) is 1.28. The first-order valence-corrected chi connectivity index (χ1v) is 5.22. The molecule has 0 atom stereocenters. The van der Waals surface area contributed by atoms with Gasteiger partial charge in [0.2, 0.25) is 0 Å². The molecule has 0 amide bonds. The number of halogens is 2. The number of aryl methyl sites for hydroxylation is 1. The Kier molecular flexibility index (Phi) is 6.29. The van der Waals surface area contributed by atoms with Crippen LogP contribution in [0.3, 0.4) is 0 Å². The molecule has 0 unspecified atom stereocenters. The van der Waals surface area contributed by atoms with Crippen molar-refractivity contribution in [1.82, 2.24) is 4.98 Å². The molecule has 84 valence electrons. The van der Waals surface area contributed by atoms with Crippen LogP contribution in [0.1, 0.15) is 29.8 Å². The van der Waals surface area contributed by atoms with Crippen molar-refractivity contribution in [2.24, 2.45) is 0 Å². The number of aromatic nitrogens is 1. The Hall–Kier alpha value is -0.800. The van der Waals surface area contributed by atoms with Gasteiger partial charge in [0.15, 0.2) is 0 Å². The van der Waals surface area contributed by atoms with Gasteiger partial charge in [0.1, 0.15) is 10.3 Å². The lowest BCUT2D eigenvalue weighted by Gasteiger charge is -2.05. The Morgan fingerprint density at radius 2 is 1.93 bits per heavy atom. The molecule has 0 aromatic carbocycles. The third-order valence-electron chi connectivity index (χ3n) is 1.53. The van der Waals surface area contributed by atoms with Gasteiger partial charge in [-0.2, -0.15) is 0 Å². The van der Waals surface area contributed by atoms with Crippen molar-refractivity contribution in [3.05, 3.63) is 27.5 Å². The molecule has 0 aliphatic heterocycles. The Morgan fingerprint density at radius 1 is 1.40 bits per heavy atom. The highest BCUT2D eigenvalue weighted by Gasteiger charge is 2.15. The molecule has 0 spiro atoms. The van der Waals surface area contributed by atoms with Gasteiger partial charge >= 0.3 is 5.97 Å². The number of hydrogen-bond acceptors (Lipinski definition) is 3. The minimum atomic E-state index is -0.508. The SMILES string of the molecule is CC.COC(=O)c1c(C)cc(Cl)nc1Cl. The van der Waals surface area contributed by atoms with Gasteiger partial charge < -0.3 is 4.74 Å². The van der Waals surface area contributed by atoms with E-state index >= 15 is 0 Å². The summed E-state index contributed by atoms with van der Waals surface area (Å²) in [5.74, 6) is -0.508. The molecular formula is C10H13Cl2NO2. The largest absolute Gasteiger partial charge is 0.465 e. The van der Waals surface area contributed by atoms with Gasteiger partial charge in [-0.1, -0.05) is 37.0 Å². The van der Waals surface area contributed by atoms with E-state index in [0.29, 0.717) is 5.56 Å². The van der Waals surface area contributed by atoms with Crippen LogP contribution in [0.15, 0.2) is 6.07 Å². The van der Waals surface area contributed by atoms with E-state index in [1.54, 1.807) is 13.0 Å². The summed E-state index contributed by atoms with van der Waals surface area (Å²) in [5.41, 5.74) is 0.908. The van der Waals surface area contributed by atoms with Crippen LogP contribution in [0.5, 0.6) is 0 Å². The summed E-state index contributed by atoms with van der Waals surface area (Å²) in [5, 5.41) is 0.326. The molecule has 5 heteroatoms. The summed E-state index contributed by atoms with van der Waals surface area (Å²) in [4.78, 5) is 14.9. The number of carbonyl (C=O) groups excluding carboxylic acids is 1. The fourth-order valence-corrected chi connectivity index (χ4v) is 1.55. The standard InChI is InChI=1S/C8H7Cl2NO2.C2H6/c1-4-3-5(9)11-7(10)6(4)8(12)13-2;1-2/h3H,1-2H3;1-2H3. The van der Waals surface area contributed by atoms with Gasteiger partial charge in [-0.15, -0.1) is 0 Å². The molecule has 1 rings (SSSR count). The van der Waals surface area contributed by atoms with Crippen molar-refractivity contribution in [2.75, 3.05) is 7.11 Å². The van der Waals surface area contributed by atoms with Crippen molar-refractivity contribution >= 4 is 29.2 Å². The van der Waals surface area contributed by atoms with Crippen molar-refractivity contribution in [2.45, 2.75) is 20.8 Å². The smallest absolute Gasteiger partial charge is 0.341 e. The van der Waals surface area contributed by atoms with Crippen LogP contribution in [0.25, 0.3) is 0 Å². The van der Waals surface area contributed by atoms with Gasteiger partial charge in [-0.05, 0) is 18.6 Å². The third kappa shape index (κ3) is 3.68. The molecule has 0 fully saturated rings. The molecule has 3 nitrogen and oxygen atoms in total. The average molecular weight is 250 g/mol. The Balaban J connectivity index is 0.000000921. The Labute approximate surface area is 99.4 Å². The molecule has 0 aliphatic rings. The number of esters is 1. The maximum atomic E-state index is 11.2. The highest BCUT2D eigenvalue weighted by molar-refractivity contribution is 6.34. The molecule has 0 aliphatic carbocycles. The van der Waals surface area contributed by atoms with Crippen LogP contribution in [0, 0.1) is 6.92 Å². The van der Waals surface area contributed by atoms with Crippen LogP contribution in [-0.2, 0) is 4.74 Å². The lowest BCUT2D eigenvalue weighted by molar-refractivity contribution is 0.0599. The first-order valence-electron chi connectivity index (χ1n) is 4.47. The van der Waals surface area contributed by atoms with Crippen LogP contribution in [0.2, 0.25) is 10.3 Å². The lowest BCUT2D eigenvalue weighted by atomic mass is 10.2. The molecule has 1 aromatic heterocycles. The Bertz CT molecular complexity index is 330. The quantitative estimate of drug-likeness (QED) is 0.565. The molecule has 0 radical (unpaired) electrons. The van der Waals surface area contributed by atoms with Gasteiger partial charge in [-0.3, -0.25) is 0 Å². The number of nitrogens with zero attached hydrogens (tertiary/aromatic N) is 1. The van der Waals surface area contributed by atoms with Crippen molar-refractivity contribution in [3.8, 4) is 0 Å². The fourth-order valence-electron chi connectivity index (χ4n) is 0.943. The van der Waals surface area contributed by atoms with Gasteiger partial charge in [0.05, 0.1) is 12.7 Å². The van der Waals surface area contributed by atoms with Crippen molar-refractivity contribution < 1.29 is 9.53 Å². The van der Waals surface area contributed by atoms with Gasteiger partial charge in [-0.25, -0.2) is 9.78 Å². The van der Waals surface area contributed by atoms with E-state index in [1.165, 1.54) is 7.11 Å². The second kappa shape index (κ2) is 6.64. The number of rotatable bonds is 1. The van der Waals surface area contributed by atoms with E-state index < -0.39 is 5.97 Å². The minimum absolute atomic E-state index is 0.0665. The van der Waals surface area contributed by atoms with Crippen LogP contribution >= 0.6 is 23.2 Å². The normalized spacial score (nSPS) is 8.93. The minimum Gasteiger partial charge on any atom is -0.465 e. The summed E-state index contributed by atoms with van der Waals surface area (Å²) in [6.07, 6.45) is 0. The lowest BCUT2D eigenvalue weighted by Crippen LogP contribution is -2.06. The number of ether oxygens (including phenoxy) is 1. The number of carbonyl (C=O) groups is 1. The zero-order valence-corrected chi connectivity index (χ0v) is 10.6. The summed E-state index contributed by atoms with van der Waals surface area (Å²) >= 11 is 11.3. The first-order chi connectivity index (χ1) is 7.06. The van der Waals surface area contributed by atoms with E-state index in [0.717, 1.165) is 0 Å². The second-order valence-electron chi connectivity index (χ2n) is 2.42. The fraction of sp³-hybridized carbons (Fsp3) is 0.400. The van der Waals surface area contributed by atoms with Crippen LogP contribution in [-0.4, -0.2) is 18.1 Å². The summed E-state index contributed by atoms with van der Waals surface area (Å²) in [6, 6.07) is 1.56. The van der Waals surface area contributed by atoms with E-state index in [9.17, 15) is 4.79 Å². The van der Waals surface area contributed by atoms with Crippen molar-refractivity contribution in [1.29, 1.82) is 0 Å². The number of hydrogen-bond donors (Lipinski definition) is 0. The molecular weight excluding hydrogens is 237 g/mol.